The van der Waals surface area contributed by atoms with E-state index >= 15 is 0 Å². The van der Waals surface area contributed by atoms with E-state index in [2.05, 4.69) is 5.10 Å². The summed E-state index contributed by atoms with van der Waals surface area (Å²) in [7, 11) is 1.42. The maximum absolute atomic E-state index is 12.7. The van der Waals surface area contributed by atoms with Crippen LogP contribution in [0.15, 0.2) is 0 Å². The summed E-state index contributed by atoms with van der Waals surface area (Å²) in [6.07, 6.45) is -3.37. The van der Waals surface area contributed by atoms with Crippen LogP contribution in [0.4, 0.5) is 13.2 Å². The first-order valence-electron chi connectivity index (χ1n) is 4.93. The third kappa shape index (κ3) is 1.75. The normalized spacial score (nSPS) is 21.2. The number of fused-ring (bicyclic) bond motifs is 1. The molecule has 2 heterocycles. The molecule has 0 saturated carbocycles. The largest absolute Gasteiger partial charge is 0.478 e. The molecule has 4 nitrogen and oxygen atoms in total. The van der Waals surface area contributed by atoms with Gasteiger partial charge in [-0.05, 0) is 12.8 Å². The highest BCUT2D eigenvalue weighted by Crippen LogP contribution is 2.40. The molecule has 2 N–H and O–H groups in total. The zero-order chi connectivity index (χ0) is 11.9. The van der Waals surface area contributed by atoms with Crippen LogP contribution in [-0.4, -0.2) is 16.4 Å². The number of halogens is 3. The molecular weight excluding hydrogens is 223 g/mol. The molecule has 0 amide bonds. The molecule has 1 unspecified atom stereocenters. The third-order valence-electron chi connectivity index (χ3n) is 2.57. The number of nitrogens with two attached hydrogens (primary N) is 1. The molecule has 7 heteroatoms. The molecule has 1 atom stereocenters. The Kier molecular flexibility index (Phi) is 2.57. The van der Waals surface area contributed by atoms with Gasteiger partial charge < -0.3 is 10.5 Å². The van der Waals surface area contributed by atoms with Gasteiger partial charge in [0, 0.05) is 13.1 Å². The van der Waals surface area contributed by atoms with Gasteiger partial charge in [0.15, 0.2) is 5.69 Å². The van der Waals surface area contributed by atoms with E-state index in [1.165, 1.54) is 7.05 Å². The number of ether oxygens (including phenoxy) is 1. The lowest BCUT2D eigenvalue weighted by Gasteiger charge is -2.10. The van der Waals surface area contributed by atoms with Crippen molar-refractivity contribution in [2.45, 2.75) is 25.1 Å². The average Bonchev–Trinajstić information content (AvgIpc) is 2.37. The Balaban J connectivity index is 2.57. The molecule has 1 aliphatic heterocycles. The molecule has 0 aromatic carbocycles. The average molecular weight is 235 g/mol. The summed E-state index contributed by atoms with van der Waals surface area (Å²) in [6, 6.07) is -0.664. The number of rotatable bonds is 0. The number of hydrogen-bond donors (Lipinski definition) is 1. The first-order chi connectivity index (χ1) is 7.41. The van der Waals surface area contributed by atoms with Crippen LogP contribution in [0.25, 0.3) is 0 Å². The molecule has 1 aliphatic rings. The summed E-state index contributed by atoms with van der Waals surface area (Å²) in [4.78, 5) is 0. The quantitative estimate of drug-likeness (QED) is 0.743. The minimum atomic E-state index is -4.49. The lowest BCUT2D eigenvalue weighted by Crippen LogP contribution is -2.16. The summed E-state index contributed by atoms with van der Waals surface area (Å²) in [5, 5.41) is 3.44. The Morgan fingerprint density at radius 1 is 1.50 bits per heavy atom. The molecular formula is C9H12F3N3O. The van der Waals surface area contributed by atoms with E-state index in [0.29, 0.717) is 19.4 Å². The molecule has 2 rings (SSSR count). The lowest BCUT2D eigenvalue weighted by molar-refractivity contribution is -0.142. The van der Waals surface area contributed by atoms with Gasteiger partial charge in [0.25, 0.3) is 0 Å². The second-order valence-corrected chi connectivity index (χ2v) is 3.79. The van der Waals surface area contributed by atoms with Crippen molar-refractivity contribution in [1.82, 2.24) is 9.78 Å². The van der Waals surface area contributed by atoms with E-state index in [1.54, 1.807) is 0 Å². The van der Waals surface area contributed by atoms with Crippen LogP contribution in [0, 0.1) is 0 Å². The predicted molar refractivity (Wildman–Crippen MR) is 49.9 cm³/mol. The first kappa shape index (κ1) is 11.3. The van der Waals surface area contributed by atoms with Crippen LogP contribution in [0.1, 0.15) is 30.1 Å². The highest BCUT2D eigenvalue weighted by molar-refractivity contribution is 5.37. The molecule has 1 aromatic heterocycles. The molecule has 90 valence electrons. The van der Waals surface area contributed by atoms with E-state index < -0.39 is 17.9 Å². The summed E-state index contributed by atoms with van der Waals surface area (Å²) >= 11 is 0. The molecule has 0 radical (unpaired) electrons. The molecule has 0 saturated heterocycles. The van der Waals surface area contributed by atoms with Gasteiger partial charge in [-0.2, -0.15) is 18.3 Å². The molecule has 1 aromatic rings. The highest BCUT2D eigenvalue weighted by Gasteiger charge is 2.41. The summed E-state index contributed by atoms with van der Waals surface area (Å²) in [5.41, 5.74) is 4.77. The van der Waals surface area contributed by atoms with Crippen molar-refractivity contribution >= 4 is 0 Å². The van der Waals surface area contributed by atoms with E-state index in [9.17, 15) is 13.2 Å². The van der Waals surface area contributed by atoms with Crippen LogP contribution in [0.3, 0.4) is 0 Å². The number of nitrogens with zero attached hydrogens (tertiary/aromatic N) is 2. The second-order valence-electron chi connectivity index (χ2n) is 3.79. The van der Waals surface area contributed by atoms with Crippen LogP contribution in [0.2, 0.25) is 0 Å². The molecule has 0 fully saturated rings. The van der Waals surface area contributed by atoms with E-state index in [-0.39, 0.29) is 11.4 Å². The van der Waals surface area contributed by atoms with Gasteiger partial charge in [0.1, 0.15) is 0 Å². The standard InChI is InChI=1S/C9H12F3N3O/c1-15-8-6(5(13)3-2-4-16-8)7(14-15)9(10,11)12/h5H,2-4,13H2,1H3. The molecule has 0 spiro atoms. The van der Waals surface area contributed by atoms with Crippen LogP contribution < -0.4 is 10.5 Å². The number of hydrogen-bond acceptors (Lipinski definition) is 3. The van der Waals surface area contributed by atoms with Crippen molar-refractivity contribution in [2.75, 3.05) is 6.61 Å². The fraction of sp³-hybridized carbons (Fsp3) is 0.667. The number of aryl methyl sites for hydroxylation is 1. The Morgan fingerprint density at radius 2 is 2.19 bits per heavy atom. The number of aromatic nitrogens is 2. The van der Waals surface area contributed by atoms with Crippen LogP contribution >= 0.6 is 0 Å². The van der Waals surface area contributed by atoms with Gasteiger partial charge in [-0.15, -0.1) is 0 Å². The van der Waals surface area contributed by atoms with Gasteiger partial charge in [-0.25, -0.2) is 4.68 Å². The minimum absolute atomic E-state index is 0.0208. The fourth-order valence-corrected chi connectivity index (χ4v) is 1.86. The summed E-state index contributed by atoms with van der Waals surface area (Å²) in [6.45, 7) is 0.373. The van der Waals surface area contributed by atoms with E-state index in [1.807, 2.05) is 0 Å². The Morgan fingerprint density at radius 3 is 2.81 bits per heavy atom. The maximum Gasteiger partial charge on any atom is 0.435 e. The zero-order valence-electron chi connectivity index (χ0n) is 8.71. The predicted octanol–water partition coefficient (Wildman–Crippen LogP) is 1.61. The molecule has 16 heavy (non-hydrogen) atoms. The minimum Gasteiger partial charge on any atom is -0.478 e. The van der Waals surface area contributed by atoms with Gasteiger partial charge in [0.05, 0.1) is 12.2 Å². The number of alkyl halides is 3. The Bertz CT molecular complexity index is 399. The van der Waals surface area contributed by atoms with E-state index in [0.717, 1.165) is 4.68 Å². The smallest absolute Gasteiger partial charge is 0.435 e. The zero-order valence-corrected chi connectivity index (χ0v) is 8.71. The van der Waals surface area contributed by atoms with Crippen molar-refractivity contribution in [3.63, 3.8) is 0 Å². The SMILES string of the molecule is Cn1nc(C(F)(F)F)c2c1OCCCC2N. The second kappa shape index (κ2) is 3.65. The third-order valence-corrected chi connectivity index (χ3v) is 2.57. The van der Waals surface area contributed by atoms with Crippen molar-refractivity contribution in [3.8, 4) is 5.88 Å². The first-order valence-corrected chi connectivity index (χ1v) is 4.93. The van der Waals surface area contributed by atoms with E-state index in [4.69, 9.17) is 10.5 Å². The van der Waals surface area contributed by atoms with Gasteiger partial charge >= 0.3 is 6.18 Å². The Labute approximate surface area is 90.2 Å². The Hall–Kier alpha value is -1.24. The van der Waals surface area contributed by atoms with Crippen molar-refractivity contribution in [1.29, 1.82) is 0 Å². The maximum atomic E-state index is 12.7. The highest BCUT2D eigenvalue weighted by atomic mass is 19.4. The summed E-state index contributed by atoms with van der Waals surface area (Å²) in [5.74, 6) is 0.136. The van der Waals surface area contributed by atoms with Gasteiger partial charge in [-0.3, -0.25) is 0 Å². The van der Waals surface area contributed by atoms with Crippen LogP contribution in [-0.2, 0) is 13.2 Å². The van der Waals surface area contributed by atoms with Gasteiger partial charge in [-0.1, -0.05) is 0 Å². The topological polar surface area (TPSA) is 53.1 Å². The van der Waals surface area contributed by atoms with Crippen molar-refractivity contribution in [3.05, 3.63) is 11.3 Å². The lowest BCUT2D eigenvalue weighted by atomic mass is 10.0. The monoisotopic (exact) mass is 235 g/mol. The van der Waals surface area contributed by atoms with Crippen LogP contribution in [0.5, 0.6) is 5.88 Å². The van der Waals surface area contributed by atoms with Crippen molar-refractivity contribution in [2.24, 2.45) is 12.8 Å². The molecule has 0 bridgehead atoms. The molecule has 0 aliphatic carbocycles. The van der Waals surface area contributed by atoms with Crippen molar-refractivity contribution < 1.29 is 17.9 Å². The van der Waals surface area contributed by atoms with Gasteiger partial charge in [0.2, 0.25) is 5.88 Å². The fourth-order valence-electron chi connectivity index (χ4n) is 1.86. The summed E-state index contributed by atoms with van der Waals surface area (Å²) < 4.78 is 44.5.